The largest absolute Gasteiger partial charge is 0.491 e. The van der Waals surface area contributed by atoms with Gasteiger partial charge in [0.25, 0.3) is 6.43 Å². The highest BCUT2D eigenvalue weighted by Gasteiger charge is 2.39. The van der Waals surface area contributed by atoms with Gasteiger partial charge in [0.15, 0.2) is 0 Å². The van der Waals surface area contributed by atoms with E-state index < -0.39 is 34.8 Å². The third-order valence-corrected chi connectivity index (χ3v) is 6.44. The number of amides is 1. The number of carbonyl (C=O) groups excluding carboxylic acids is 1. The Labute approximate surface area is 199 Å². The van der Waals surface area contributed by atoms with E-state index in [-0.39, 0.29) is 5.37 Å². The van der Waals surface area contributed by atoms with E-state index in [1.54, 1.807) is 17.9 Å². The summed E-state index contributed by atoms with van der Waals surface area (Å²) in [5.74, 6) is 1.79. The van der Waals surface area contributed by atoms with Gasteiger partial charge in [-0.15, -0.1) is 11.8 Å². The van der Waals surface area contributed by atoms with Crippen molar-refractivity contribution in [2.24, 2.45) is 5.73 Å². The van der Waals surface area contributed by atoms with E-state index in [0.717, 1.165) is 5.56 Å². The number of ether oxygens (including phenoxy) is 1. The summed E-state index contributed by atoms with van der Waals surface area (Å²) in [6.45, 7) is 4.59. The maximum absolute atomic E-state index is 13.5. The SMILES string of the molecule is CC1SCC(C(F)F)N1c1cn2c(n1)-c1ccc(N[C@@H](C)C(N)=O)cc1OCC2.O=S(=O)(O)O. The lowest BCUT2D eigenvalue weighted by molar-refractivity contribution is -0.118. The number of rotatable bonds is 5. The zero-order chi connectivity index (χ0) is 25.2. The van der Waals surface area contributed by atoms with Crippen molar-refractivity contribution in [3.63, 3.8) is 0 Å². The Bertz CT molecular complexity index is 1140. The van der Waals surface area contributed by atoms with Crippen LogP contribution >= 0.6 is 11.8 Å². The van der Waals surface area contributed by atoms with Crippen LogP contribution in [0.1, 0.15) is 13.8 Å². The monoisotopic (exact) mass is 521 g/mol. The predicted octanol–water partition coefficient (Wildman–Crippen LogP) is 2.11. The molecule has 0 aliphatic carbocycles. The molecule has 2 unspecified atom stereocenters. The van der Waals surface area contributed by atoms with Crippen molar-refractivity contribution in [2.75, 3.05) is 22.6 Å². The lowest BCUT2D eigenvalue weighted by Gasteiger charge is -2.26. The summed E-state index contributed by atoms with van der Waals surface area (Å²) in [4.78, 5) is 17.7. The summed E-state index contributed by atoms with van der Waals surface area (Å²) in [7, 11) is -4.67. The molecular weight excluding hydrogens is 496 g/mol. The van der Waals surface area contributed by atoms with Crippen LogP contribution in [0.2, 0.25) is 0 Å². The van der Waals surface area contributed by atoms with Crippen LogP contribution in [0.5, 0.6) is 5.75 Å². The molecule has 0 saturated carbocycles. The van der Waals surface area contributed by atoms with Crippen molar-refractivity contribution in [3.8, 4) is 17.1 Å². The molecule has 4 rings (SSSR count). The van der Waals surface area contributed by atoms with Crippen molar-refractivity contribution in [1.29, 1.82) is 0 Å². The molecule has 0 spiro atoms. The quantitative estimate of drug-likeness (QED) is 0.429. The van der Waals surface area contributed by atoms with Crippen LogP contribution < -0.4 is 20.7 Å². The maximum Gasteiger partial charge on any atom is 0.394 e. The number of halogens is 2. The number of carbonyl (C=O) groups is 1. The van der Waals surface area contributed by atoms with Gasteiger partial charge in [0.1, 0.15) is 36.1 Å². The van der Waals surface area contributed by atoms with E-state index in [1.165, 1.54) is 11.8 Å². The first kappa shape index (κ1) is 26.0. The van der Waals surface area contributed by atoms with Crippen LogP contribution in [0.15, 0.2) is 24.4 Å². The summed E-state index contributed by atoms with van der Waals surface area (Å²) >= 11 is 1.51. The van der Waals surface area contributed by atoms with Crippen LogP contribution in [0, 0.1) is 0 Å². The second-order valence-electron chi connectivity index (χ2n) is 7.63. The molecular formula is C19H25F2N5O6S2. The molecule has 1 aromatic carbocycles. The van der Waals surface area contributed by atoms with Gasteiger partial charge in [-0.3, -0.25) is 13.9 Å². The number of aromatic nitrogens is 2. The number of fused-ring (bicyclic) bond motifs is 3. The number of anilines is 2. The minimum absolute atomic E-state index is 0.0641. The predicted molar refractivity (Wildman–Crippen MR) is 124 cm³/mol. The third-order valence-electron chi connectivity index (χ3n) is 5.20. The number of primary amides is 1. The zero-order valence-electron chi connectivity index (χ0n) is 18.3. The van der Waals surface area contributed by atoms with Gasteiger partial charge in [-0.1, -0.05) is 0 Å². The molecule has 188 valence electrons. The van der Waals surface area contributed by atoms with Crippen LogP contribution in [-0.4, -0.2) is 69.2 Å². The van der Waals surface area contributed by atoms with Crippen LogP contribution in [0.25, 0.3) is 11.4 Å². The fourth-order valence-corrected chi connectivity index (χ4v) is 4.83. The van der Waals surface area contributed by atoms with Gasteiger partial charge in [0, 0.05) is 23.7 Å². The molecule has 1 fully saturated rings. The van der Waals surface area contributed by atoms with Crippen molar-refractivity contribution in [2.45, 2.75) is 44.3 Å². The minimum Gasteiger partial charge on any atom is -0.491 e. The number of nitrogens with zero attached hydrogens (tertiary/aromatic N) is 3. The number of thioether (sulfide) groups is 1. The zero-order valence-corrected chi connectivity index (χ0v) is 19.9. The Morgan fingerprint density at radius 3 is 2.68 bits per heavy atom. The van der Waals surface area contributed by atoms with Crippen molar-refractivity contribution < 1.29 is 35.8 Å². The highest BCUT2D eigenvalue weighted by molar-refractivity contribution is 8.00. The fraction of sp³-hybridized carbons (Fsp3) is 0.474. The number of benzene rings is 1. The first-order chi connectivity index (χ1) is 15.8. The molecule has 0 bridgehead atoms. The van der Waals surface area contributed by atoms with Crippen molar-refractivity contribution in [3.05, 3.63) is 24.4 Å². The van der Waals surface area contributed by atoms with E-state index in [2.05, 4.69) is 5.32 Å². The average Bonchev–Trinajstić information content (AvgIpc) is 3.26. The van der Waals surface area contributed by atoms with E-state index >= 15 is 0 Å². The van der Waals surface area contributed by atoms with Gasteiger partial charge in [-0.05, 0) is 26.0 Å². The summed E-state index contributed by atoms with van der Waals surface area (Å²) in [5, 5.41) is 2.97. The molecule has 5 N–H and O–H groups in total. The van der Waals surface area contributed by atoms with Gasteiger partial charge in [0.2, 0.25) is 5.91 Å². The molecule has 3 heterocycles. The Balaban J connectivity index is 0.000000588. The molecule has 2 aliphatic heterocycles. The van der Waals surface area contributed by atoms with Gasteiger partial charge < -0.3 is 25.3 Å². The first-order valence-electron chi connectivity index (χ1n) is 10.1. The van der Waals surface area contributed by atoms with E-state index in [4.69, 9.17) is 33.0 Å². The van der Waals surface area contributed by atoms with Crippen molar-refractivity contribution >= 4 is 39.6 Å². The third kappa shape index (κ3) is 6.28. The van der Waals surface area contributed by atoms with Crippen LogP contribution in [-0.2, 0) is 21.7 Å². The molecule has 2 aromatic rings. The Morgan fingerprint density at radius 2 is 2.06 bits per heavy atom. The van der Waals surface area contributed by atoms with Crippen LogP contribution in [0.3, 0.4) is 0 Å². The van der Waals surface area contributed by atoms with Gasteiger partial charge >= 0.3 is 10.4 Å². The van der Waals surface area contributed by atoms with E-state index in [0.29, 0.717) is 42.0 Å². The molecule has 15 heteroatoms. The molecule has 2 aliphatic rings. The first-order valence-corrected chi connectivity index (χ1v) is 12.6. The van der Waals surface area contributed by atoms with Gasteiger partial charge in [0.05, 0.1) is 17.5 Å². The van der Waals surface area contributed by atoms with Gasteiger partial charge in [-0.2, -0.15) is 8.42 Å². The molecule has 1 amide bonds. The molecule has 1 saturated heterocycles. The minimum atomic E-state index is -4.67. The average molecular weight is 522 g/mol. The summed E-state index contributed by atoms with van der Waals surface area (Å²) < 4.78 is 66.4. The number of alkyl halides is 2. The summed E-state index contributed by atoms with van der Waals surface area (Å²) in [6, 6.07) is 4.11. The number of nitrogens with one attached hydrogen (secondary N) is 1. The van der Waals surface area contributed by atoms with Crippen LogP contribution in [0.4, 0.5) is 20.3 Å². The molecule has 1 aromatic heterocycles. The van der Waals surface area contributed by atoms with Crippen molar-refractivity contribution in [1.82, 2.24) is 9.55 Å². The Morgan fingerprint density at radius 1 is 1.38 bits per heavy atom. The van der Waals surface area contributed by atoms with E-state index in [9.17, 15) is 13.6 Å². The molecule has 3 atom stereocenters. The standard InChI is InChI=1S/C19H23F2N5O2S.H2O4S/c1-10(18(22)27)23-12-3-4-13-15(7-12)28-6-5-25-8-16(24-19(13)25)26-11(2)29-9-14(26)17(20)21;1-5(2,3)4/h3-4,7-8,10-11,14,17,23H,5-6,9H2,1-2H3,(H2,22,27);(H2,1,2,3,4)/t10-,11?,14?;/m0./s1. The maximum atomic E-state index is 13.5. The number of hydrogen-bond acceptors (Lipinski definition) is 8. The summed E-state index contributed by atoms with van der Waals surface area (Å²) in [6.07, 6.45) is -0.599. The summed E-state index contributed by atoms with van der Waals surface area (Å²) in [5.41, 5.74) is 6.79. The second-order valence-corrected chi connectivity index (χ2v) is 9.88. The number of nitrogens with two attached hydrogens (primary N) is 1. The smallest absolute Gasteiger partial charge is 0.394 e. The van der Waals surface area contributed by atoms with E-state index in [1.807, 2.05) is 29.8 Å². The second kappa shape index (κ2) is 10.3. The van der Waals surface area contributed by atoms with Gasteiger partial charge in [-0.25, -0.2) is 13.8 Å². The molecule has 0 radical (unpaired) electrons. The molecule has 34 heavy (non-hydrogen) atoms. The topological polar surface area (TPSA) is 160 Å². The number of hydrogen-bond donors (Lipinski definition) is 4. The molecule has 11 nitrogen and oxygen atoms in total. The highest BCUT2D eigenvalue weighted by Crippen LogP contribution is 2.39. The normalized spacial score (nSPS) is 20.4. The lowest BCUT2D eigenvalue weighted by Crippen LogP contribution is -2.40. The fourth-order valence-electron chi connectivity index (χ4n) is 3.62. The Kier molecular flexibility index (Phi) is 7.90. The Hall–Kier alpha value is -2.62. The highest BCUT2D eigenvalue weighted by atomic mass is 32.3. The number of imidazole rings is 1. The lowest BCUT2D eigenvalue weighted by atomic mass is 10.1.